The van der Waals surface area contributed by atoms with Crippen LogP contribution in [0.4, 0.5) is 5.69 Å². The Labute approximate surface area is 214 Å². The number of aromatic nitrogens is 3. The first-order valence-electron chi connectivity index (χ1n) is 11.5. The predicted octanol–water partition coefficient (Wildman–Crippen LogP) is 4.25. The molecular weight excluding hydrogens is 478 g/mol. The van der Waals surface area contributed by atoms with Crippen LogP contribution in [-0.4, -0.2) is 44.9 Å². The van der Waals surface area contributed by atoms with E-state index in [0.29, 0.717) is 40.9 Å². The van der Waals surface area contributed by atoms with E-state index in [0.717, 1.165) is 6.42 Å². The second-order valence-corrected chi connectivity index (χ2v) is 8.80. The average Bonchev–Trinajstić information content (AvgIpc) is 3.29. The molecule has 0 bridgehead atoms. The topological polar surface area (TPSA) is 115 Å². The van der Waals surface area contributed by atoms with Gasteiger partial charge in [-0.1, -0.05) is 49.0 Å². The lowest BCUT2D eigenvalue weighted by Gasteiger charge is -2.15. The number of benzene rings is 2. The molecule has 0 radical (unpaired) electrons. The van der Waals surface area contributed by atoms with E-state index >= 15 is 0 Å². The fraction of sp³-hybridized carbons (Fsp3) is 0.269. The number of allylic oxidation sites excluding steroid dienone is 1. The molecule has 36 heavy (non-hydrogen) atoms. The molecule has 0 aliphatic carbocycles. The number of nitrogens with zero attached hydrogens (tertiary/aromatic N) is 3. The second-order valence-electron chi connectivity index (χ2n) is 7.85. The highest BCUT2D eigenvalue weighted by Gasteiger charge is 2.20. The number of carbonyl (C=O) groups excluding carboxylic acids is 3. The molecule has 188 valence electrons. The number of amides is 2. The maximum Gasteiger partial charge on any atom is 0.338 e. The summed E-state index contributed by atoms with van der Waals surface area (Å²) >= 11 is 1.21. The molecule has 0 aliphatic rings. The van der Waals surface area contributed by atoms with Crippen molar-refractivity contribution in [2.75, 3.05) is 17.7 Å². The molecule has 0 aliphatic heterocycles. The third-order valence-electron chi connectivity index (χ3n) is 4.98. The number of nitrogens with one attached hydrogen (secondary N) is 2. The zero-order valence-corrected chi connectivity index (χ0v) is 21.1. The lowest BCUT2D eigenvalue weighted by molar-refractivity contribution is -0.113. The van der Waals surface area contributed by atoms with Crippen LogP contribution in [0.3, 0.4) is 0 Å². The first kappa shape index (κ1) is 26.7. The van der Waals surface area contributed by atoms with Crippen LogP contribution in [0.5, 0.6) is 0 Å². The van der Waals surface area contributed by atoms with Crippen LogP contribution in [-0.2, 0) is 16.1 Å². The van der Waals surface area contributed by atoms with Gasteiger partial charge in [0.15, 0.2) is 11.0 Å². The van der Waals surface area contributed by atoms with Crippen molar-refractivity contribution in [1.29, 1.82) is 0 Å². The van der Waals surface area contributed by atoms with Gasteiger partial charge < -0.3 is 19.9 Å². The molecule has 2 aromatic carbocycles. The quantitative estimate of drug-likeness (QED) is 0.214. The van der Waals surface area contributed by atoms with Crippen molar-refractivity contribution in [2.24, 2.45) is 0 Å². The first-order valence-corrected chi connectivity index (χ1v) is 12.5. The minimum Gasteiger partial charge on any atom is -0.462 e. The molecule has 10 heteroatoms. The van der Waals surface area contributed by atoms with Crippen molar-refractivity contribution in [3.05, 3.63) is 84.2 Å². The van der Waals surface area contributed by atoms with Crippen LogP contribution in [0.1, 0.15) is 52.9 Å². The molecule has 2 amide bonds. The first-order chi connectivity index (χ1) is 17.4. The Balaban J connectivity index is 1.62. The molecule has 0 fully saturated rings. The van der Waals surface area contributed by atoms with Gasteiger partial charge in [0.05, 0.1) is 24.0 Å². The van der Waals surface area contributed by atoms with Gasteiger partial charge in [-0.3, -0.25) is 9.59 Å². The monoisotopic (exact) mass is 507 g/mol. The number of hydrogen-bond acceptors (Lipinski definition) is 7. The van der Waals surface area contributed by atoms with E-state index in [1.54, 1.807) is 54.6 Å². The van der Waals surface area contributed by atoms with Gasteiger partial charge >= 0.3 is 5.97 Å². The Bertz CT molecular complexity index is 1210. The fourth-order valence-corrected chi connectivity index (χ4v) is 4.05. The van der Waals surface area contributed by atoms with Gasteiger partial charge in [0, 0.05) is 17.8 Å². The molecule has 1 atom stereocenters. The van der Waals surface area contributed by atoms with Gasteiger partial charge in [-0.2, -0.15) is 0 Å². The zero-order valence-electron chi connectivity index (χ0n) is 20.3. The Hall–Kier alpha value is -3.92. The maximum atomic E-state index is 12.6. The van der Waals surface area contributed by atoms with E-state index in [2.05, 4.69) is 27.4 Å². The average molecular weight is 508 g/mol. The van der Waals surface area contributed by atoms with Crippen molar-refractivity contribution < 1.29 is 19.1 Å². The standard InChI is InChI=1S/C26H29N5O4S/c1-4-14-31-23(18(3)27-24(33)19-10-7-6-8-11-19)29-30-26(31)36-17-22(32)28-21-13-9-12-20(16-21)25(34)35-15-5-2/h4,6-13,16,18H,1,5,14-15,17H2,2-3H3,(H,27,33)(H,28,32)/t18-/m1/s1. The summed E-state index contributed by atoms with van der Waals surface area (Å²) < 4.78 is 6.95. The van der Waals surface area contributed by atoms with Crippen LogP contribution in [0.2, 0.25) is 0 Å². The molecule has 0 spiro atoms. The van der Waals surface area contributed by atoms with E-state index in [1.165, 1.54) is 11.8 Å². The third kappa shape index (κ3) is 7.29. The summed E-state index contributed by atoms with van der Waals surface area (Å²) in [6, 6.07) is 15.1. The Morgan fingerprint density at radius 2 is 1.86 bits per heavy atom. The van der Waals surface area contributed by atoms with Crippen molar-refractivity contribution >= 4 is 35.2 Å². The minimum absolute atomic E-state index is 0.0739. The number of anilines is 1. The van der Waals surface area contributed by atoms with Crippen molar-refractivity contribution in [3.8, 4) is 0 Å². The Kier molecular flexibility index (Phi) is 9.82. The van der Waals surface area contributed by atoms with Crippen LogP contribution < -0.4 is 10.6 Å². The number of rotatable bonds is 12. The number of thioether (sulfide) groups is 1. The smallest absolute Gasteiger partial charge is 0.338 e. The highest BCUT2D eigenvalue weighted by molar-refractivity contribution is 7.99. The summed E-state index contributed by atoms with van der Waals surface area (Å²) in [6.45, 7) is 8.29. The molecule has 0 saturated carbocycles. The summed E-state index contributed by atoms with van der Waals surface area (Å²) in [7, 11) is 0. The molecule has 3 rings (SSSR count). The predicted molar refractivity (Wildman–Crippen MR) is 139 cm³/mol. The van der Waals surface area contributed by atoms with Gasteiger partial charge in [-0.05, 0) is 43.7 Å². The van der Waals surface area contributed by atoms with Crippen LogP contribution in [0, 0.1) is 0 Å². The number of hydrogen-bond donors (Lipinski definition) is 2. The molecule has 0 unspecified atom stereocenters. The normalized spacial score (nSPS) is 11.4. The molecule has 0 saturated heterocycles. The van der Waals surface area contributed by atoms with Gasteiger partial charge in [-0.25, -0.2) is 4.79 Å². The Morgan fingerprint density at radius 1 is 1.11 bits per heavy atom. The van der Waals surface area contributed by atoms with Crippen LogP contribution in [0.15, 0.2) is 72.4 Å². The molecule has 2 N–H and O–H groups in total. The number of carbonyl (C=O) groups is 3. The highest BCUT2D eigenvalue weighted by Crippen LogP contribution is 2.22. The van der Waals surface area contributed by atoms with Gasteiger partial charge in [0.25, 0.3) is 5.91 Å². The van der Waals surface area contributed by atoms with Crippen molar-refractivity contribution in [3.63, 3.8) is 0 Å². The lowest BCUT2D eigenvalue weighted by Crippen LogP contribution is -2.28. The number of esters is 1. The summed E-state index contributed by atoms with van der Waals surface area (Å²) in [5, 5.41) is 14.7. The third-order valence-corrected chi connectivity index (χ3v) is 5.95. The SMILES string of the molecule is C=CCn1c(SCC(=O)Nc2cccc(C(=O)OCCC)c2)nnc1[C@@H](C)NC(=O)c1ccccc1. The van der Waals surface area contributed by atoms with Gasteiger partial charge in [0.1, 0.15) is 0 Å². The molecule has 1 aromatic heterocycles. The lowest BCUT2D eigenvalue weighted by atomic mass is 10.2. The van der Waals surface area contributed by atoms with E-state index in [-0.39, 0.29) is 17.6 Å². The summed E-state index contributed by atoms with van der Waals surface area (Å²) in [5.41, 5.74) is 1.42. The highest BCUT2D eigenvalue weighted by atomic mass is 32.2. The van der Waals surface area contributed by atoms with E-state index in [1.807, 2.05) is 24.5 Å². The van der Waals surface area contributed by atoms with Crippen LogP contribution >= 0.6 is 11.8 Å². The van der Waals surface area contributed by atoms with Crippen LogP contribution in [0.25, 0.3) is 0 Å². The minimum atomic E-state index is -0.430. The van der Waals surface area contributed by atoms with Gasteiger partial charge in [0.2, 0.25) is 5.91 Å². The van der Waals surface area contributed by atoms with Crippen molar-refractivity contribution in [1.82, 2.24) is 20.1 Å². The second kappa shape index (κ2) is 13.2. The van der Waals surface area contributed by atoms with Crippen molar-refractivity contribution in [2.45, 2.75) is 38.0 Å². The van der Waals surface area contributed by atoms with Gasteiger partial charge in [-0.15, -0.1) is 16.8 Å². The fourth-order valence-electron chi connectivity index (χ4n) is 3.29. The summed E-state index contributed by atoms with van der Waals surface area (Å²) in [6.07, 6.45) is 2.43. The zero-order chi connectivity index (χ0) is 25.9. The van der Waals surface area contributed by atoms with E-state index in [4.69, 9.17) is 4.74 Å². The molecule has 1 heterocycles. The largest absolute Gasteiger partial charge is 0.462 e. The molecule has 9 nitrogen and oxygen atoms in total. The summed E-state index contributed by atoms with van der Waals surface area (Å²) in [4.78, 5) is 37.2. The maximum absolute atomic E-state index is 12.6. The van der Waals surface area contributed by atoms with E-state index < -0.39 is 12.0 Å². The summed E-state index contributed by atoms with van der Waals surface area (Å²) in [5.74, 6) is -0.282. The Morgan fingerprint density at radius 3 is 2.58 bits per heavy atom. The van der Waals surface area contributed by atoms with E-state index in [9.17, 15) is 14.4 Å². The molecule has 3 aromatic rings. The number of ether oxygens (including phenoxy) is 1. The molecular formula is C26H29N5O4S.